The van der Waals surface area contributed by atoms with Crippen LogP contribution in [-0.2, 0) is 10.2 Å². The predicted octanol–water partition coefficient (Wildman–Crippen LogP) is 6.61. The molecule has 12 heteroatoms. The molecule has 0 aliphatic carbocycles. The van der Waals surface area contributed by atoms with E-state index in [2.05, 4.69) is 6.07 Å². The summed E-state index contributed by atoms with van der Waals surface area (Å²) in [4.78, 5) is 36.9. The average Bonchev–Trinajstić information content (AvgIpc) is 3.42. The summed E-state index contributed by atoms with van der Waals surface area (Å²) in [7, 11) is 0. The number of carbonyl (C=O) groups is 2. The highest BCUT2D eigenvalue weighted by Gasteiger charge is 2.45. The number of nitrogens with two attached hydrogens (primary N) is 1. The third-order valence-electron chi connectivity index (χ3n) is 8.28. The minimum atomic E-state index is -0.892. The summed E-state index contributed by atoms with van der Waals surface area (Å²) >= 11 is 19.4. The van der Waals surface area contributed by atoms with Crippen LogP contribution in [0.5, 0.6) is 5.75 Å². The van der Waals surface area contributed by atoms with Crippen molar-refractivity contribution < 1.29 is 14.3 Å². The number of hydrogen-bond acceptors (Lipinski definition) is 6. The zero-order valence-corrected chi connectivity index (χ0v) is 28.1. The molecule has 2 atom stereocenters. The van der Waals surface area contributed by atoms with Crippen LogP contribution in [0.15, 0.2) is 65.7 Å². The van der Waals surface area contributed by atoms with Crippen LogP contribution in [0.3, 0.4) is 0 Å². The molecule has 1 saturated heterocycles. The van der Waals surface area contributed by atoms with Crippen LogP contribution in [-0.4, -0.2) is 71.8 Å². The van der Waals surface area contributed by atoms with Crippen LogP contribution in [0.25, 0.3) is 0 Å². The number of primary amides is 1. The number of ether oxygens (including phenoxy) is 1. The van der Waals surface area contributed by atoms with E-state index in [1.807, 2.05) is 36.1 Å². The van der Waals surface area contributed by atoms with Gasteiger partial charge in [0, 0.05) is 41.2 Å². The van der Waals surface area contributed by atoms with Gasteiger partial charge in [0.2, 0.25) is 5.91 Å². The molecule has 0 radical (unpaired) electrons. The number of nitrogens with zero attached hydrogens (tertiary/aromatic N) is 5. The Hall–Kier alpha value is -3.81. The van der Waals surface area contributed by atoms with Gasteiger partial charge in [-0.3, -0.25) is 19.6 Å². The maximum absolute atomic E-state index is 14.7. The van der Waals surface area contributed by atoms with Crippen LogP contribution >= 0.6 is 34.8 Å². The fourth-order valence-corrected chi connectivity index (χ4v) is 6.52. The molecule has 9 nitrogen and oxygen atoms in total. The number of rotatable bonds is 8. The summed E-state index contributed by atoms with van der Waals surface area (Å²) in [6.45, 7) is 7.69. The summed E-state index contributed by atoms with van der Waals surface area (Å²) in [6, 6.07) is 19.3. The van der Waals surface area contributed by atoms with Gasteiger partial charge < -0.3 is 15.4 Å². The Morgan fingerprint density at radius 2 is 1.57 bits per heavy atom. The maximum Gasteiger partial charge on any atom is 0.326 e. The van der Waals surface area contributed by atoms with E-state index in [1.54, 1.807) is 60.0 Å². The molecular weight excluding hydrogens is 647 g/mol. The molecule has 0 bridgehead atoms. The van der Waals surface area contributed by atoms with E-state index in [0.29, 0.717) is 70.6 Å². The Labute approximate surface area is 284 Å². The molecule has 5 rings (SSSR count). The number of nitriles is 1. The number of halogens is 3. The summed E-state index contributed by atoms with van der Waals surface area (Å²) in [5.41, 5.74) is 7.35. The number of hydrogen-bond donors (Lipinski definition) is 1. The largest absolute Gasteiger partial charge is 0.493 e. The molecule has 1 fully saturated rings. The van der Waals surface area contributed by atoms with E-state index in [0.717, 1.165) is 11.1 Å². The van der Waals surface area contributed by atoms with Crippen molar-refractivity contribution in [2.45, 2.75) is 38.3 Å². The highest BCUT2D eigenvalue weighted by Crippen LogP contribution is 2.46. The van der Waals surface area contributed by atoms with Gasteiger partial charge in [-0.2, -0.15) is 5.26 Å². The van der Waals surface area contributed by atoms with Crippen molar-refractivity contribution in [2.75, 3.05) is 39.3 Å². The fourth-order valence-electron chi connectivity index (χ4n) is 5.87. The van der Waals surface area contributed by atoms with E-state index < -0.39 is 23.4 Å². The second-order valence-electron chi connectivity index (χ2n) is 11.8. The first-order chi connectivity index (χ1) is 21.9. The number of piperazine rings is 1. The highest BCUT2D eigenvalue weighted by atomic mass is 35.5. The quantitative estimate of drug-likeness (QED) is 0.287. The molecule has 3 aromatic carbocycles. The molecule has 0 spiro atoms. The summed E-state index contributed by atoms with van der Waals surface area (Å²) in [5.74, 6) is 0.432. The number of amidine groups is 1. The standard InChI is InChI=1S/C34H35Cl3N6O3/c1-4-46-28-18-26(34(2,3)20-38)27(37)17-25(28)32-40-30(21-5-9-23(35)10-6-21)31(22-7-11-24(36)12-8-22)43(32)33(45)42-15-13-41(14-16-42)19-29(39)44/h5-12,17-18,30-31H,4,13-16,19H2,1-3H3,(H2,39,44)/t30-,31+/m0/s1. The molecule has 240 valence electrons. The Kier molecular flexibility index (Phi) is 10.1. The molecule has 2 heterocycles. The molecule has 2 N–H and O–H groups in total. The Morgan fingerprint density at radius 1 is 0.978 bits per heavy atom. The molecule has 0 saturated carbocycles. The minimum Gasteiger partial charge on any atom is -0.493 e. The lowest BCUT2D eigenvalue weighted by Crippen LogP contribution is -2.55. The van der Waals surface area contributed by atoms with Crippen molar-refractivity contribution in [3.8, 4) is 11.8 Å². The van der Waals surface area contributed by atoms with Crippen molar-refractivity contribution in [2.24, 2.45) is 10.7 Å². The number of aliphatic imine (C=N–C) groups is 1. The molecule has 0 unspecified atom stereocenters. The average molecular weight is 682 g/mol. The minimum absolute atomic E-state index is 0.131. The normalized spacial score (nSPS) is 18.7. The second-order valence-corrected chi connectivity index (χ2v) is 13.1. The van der Waals surface area contributed by atoms with E-state index in [1.165, 1.54) is 0 Å². The topological polar surface area (TPSA) is 115 Å². The molecule has 2 aliphatic rings. The van der Waals surface area contributed by atoms with Crippen molar-refractivity contribution in [3.05, 3.63) is 98.0 Å². The van der Waals surface area contributed by atoms with E-state index >= 15 is 0 Å². The van der Waals surface area contributed by atoms with Gasteiger partial charge >= 0.3 is 6.03 Å². The van der Waals surface area contributed by atoms with Crippen molar-refractivity contribution in [1.82, 2.24) is 14.7 Å². The van der Waals surface area contributed by atoms with Crippen LogP contribution in [0.2, 0.25) is 15.1 Å². The molecule has 3 amide bonds. The molecular formula is C34H35Cl3N6O3. The van der Waals surface area contributed by atoms with Crippen LogP contribution < -0.4 is 10.5 Å². The van der Waals surface area contributed by atoms with Gasteiger partial charge in [-0.25, -0.2) is 4.79 Å². The van der Waals surface area contributed by atoms with Gasteiger partial charge in [0.1, 0.15) is 17.6 Å². The predicted molar refractivity (Wildman–Crippen MR) is 181 cm³/mol. The zero-order valence-electron chi connectivity index (χ0n) is 25.8. The number of carbonyl (C=O) groups excluding carboxylic acids is 2. The third kappa shape index (κ3) is 6.96. The Balaban J connectivity index is 1.68. The Morgan fingerprint density at radius 3 is 2.11 bits per heavy atom. The van der Waals surface area contributed by atoms with Crippen LogP contribution in [0, 0.1) is 11.3 Å². The third-order valence-corrected chi connectivity index (χ3v) is 9.10. The molecule has 0 aromatic heterocycles. The highest BCUT2D eigenvalue weighted by molar-refractivity contribution is 6.32. The second kappa shape index (κ2) is 13.9. The number of benzene rings is 3. The van der Waals surface area contributed by atoms with Crippen molar-refractivity contribution in [3.63, 3.8) is 0 Å². The zero-order chi connectivity index (χ0) is 33.2. The maximum atomic E-state index is 14.7. The Bertz CT molecular complexity index is 1680. The molecule has 46 heavy (non-hydrogen) atoms. The number of urea groups is 1. The van der Waals surface area contributed by atoms with E-state index in [-0.39, 0.29) is 12.6 Å². The van der Waals surface area contributed by atoms with Gasteiger partial charge in [0.25, 0.3) is 0 Å². The van der Waals surface area contributed by atoms with Crippen molar-refractivity contribution >= 4 is 52.6 Å². The van der Waals surface area contributed by atoms with Gasteiger partial charge in [0.05, 0.1) is 36.2 Å². The lowest BCUT2D eigenvalue weighted by Gasteiger charge is -2.38. The molecule has 3 aromatic rings. The van der Waals surface area contributed by atoms with Gasteiger partial charge in [-0.1, -0.05) is 59.1 Å². The lowest BCUT2D eigenvalue weighted by molar-refractivity contribution is -0.119. The first kappa shape index (κ1) is 33.6. The molecule has 2 aliphatic heterocycles. The van der Waals surface area contributed by atoms with E-state index in [4.69, 9.17) is 50.3 Å². The van der Waals surface area contributed by atoms with E-state index in [9.17, 15) is 14.9 Å². The van der Waals surface area contributed by atoms with Gasteiger partial charge in [-0.05, 0) is 73.9 Å². The SMILES string of the molecule is CCOc1cc(C(C)(C)C#N)c(Cl)cc1C1=N[C@@H](c2ccc(Cl)cc2)[C@@H](c2ccc(Cl)cc2)N1C(=O)N1CCN(CC(N)=O)CC1. The first-order valence-electron chi connectivity index (χ1n) is 15.0. The number of amides is 3. The van der Waals surface area contributed by atoms with Gasteiger partial charge in [-0.15, -0.1) is 0 Å². The summed E-state index contributed by atoms with van der Waals surface area (Å²) in [5, 5.41) is 11.4. The van der Waals surface area contributed by atoms with Crippen LogP contribution in [0.1, 0.15) is 55.1 Å². The van der Waals surface area contributed by atoms with Gasteiger partial charge in [0.15, 0.2) is 0 Å². The smallest absolute Gasteiger partial charge is 0.326 e. The van der Waals surface area contributed by atoms with Crippen molar-refractivity contribution in [1.29, 1.82) is 5.26 Å². The monoisotopic (exact) mass is 680 g/mol. The summed E-state index contributed by atoms with van der Waals surface area (Å²) < 4.78 is 6.14. The van der Waals surface area contributed by atoms with Crippen LogP contribution in [0.4, 0.5) is 4.79 Å². The lowest BCUT2D eigenvalue weighted by atomic mass is 9.85. The first-order valence-corrected chi connectivity index (χ1v) is 16.1. The fraction of sp³-hybridized carbons (Fsp3) is 0.353. The summed E-state index contributed by atoms with van der Waals surface area (Å²) in [6.07, 6.45) is 0.